The maximum Gasteiger partial charge on any atom is 0.283 e. The van der Waals surface area contributed by atoms with Gasteiger partial charge in [-0.1, -0.05) is 35.3 Å². The van der Waals surface area contributed by atoms with Gasteiger partial charge in [0, 0.05) is 17.3 Å². The number of benzene rings is 1. The largest absolute Gasteiger partial charge is 0.308 e. The highest BCUT2D eigenvalue weighted by Gasteiger charge is 2.28. The first-order valence-electron chi connectivity index (χ1n) is 8.14. The summed E-state index contributed by atoms with van der Waals surface area (Å²) in [4.78, 5) is 12.1. The van der Waals surface area contributed by atoms with Crippen molar-refractivity contribution in [2.75, 3.05) is 5.32 Å². The molecule has 154 valence electrons. The second kappa shape index (κ2) is 8.83. The van der Waals surface area contributed by atoms with Crippen LogP contribution in [0.15, 0.2) is 36.5 Å². The van der Waals surface area contributed by atoms with Crippen molar-refractivity contribution in [3.8, 4) is 0 Å². The molecule has 0 radical (unpaired) electrons. The van der Waals surface area contributed by atoms with E-state index in [1.807, 2.05) is 12.1 Å². The first kappa shape index (κ1) is 21.1. The Hall–Kier alpha value is -2.59. The SMILES string of the molecule is O=C(Cn1nc(C(F)F)c(Cl)c1C(F)F)Nc1ccn(Cc2ccc(Cl)cc2)n1. The fourth-order valence-corrected chi connectivity index (χ4v) is 2.98. The van der Waals surface area contributed by atoms with Crippen molar-refractivity contribution >= 4 is 34.9 Å². The van der Waals surface area contributed by atoms with E-state index in [0.717, 1.165) is 5.56 Å². The molecule has 0 aliphatic rings. The van der Waals surface area contributed by atoms with Crippen LogP contribution in [0, 0.1) is 0 Å². The van der Waals surface area contributed by atoms with E-state index in [9.17, 15) is 22.4 Å². The molecule has 0 saturated carbocycles. The van der Waals surface area contributed by atoms with Gasteiger partial charge in [0.05, 0.1) is 11.6 Å². The predicted octanol–water partition coefficient (Wildman–Crippen LogP) is 4.95. The number of carbonyl (C=O) groups is 1. The molecule has 0 unspecified atom stereocenters. The van der Waals surface area contributed by atoms with E-state index in [1.54, 1.807) is 23.0 Å². The lowest BCUT2D eigenvalue weighted by Gasteiger charge is -2.07. The van der Waals surface area contributed by atoms with Crippen LogP contribution in [0.4, 0.5) is 23.4 Å². The Kier molecular flexibility index (Phi) is 6.43. The Morgan fingerprint density at radius 3 is 2.34 bits per heavy atom. The molecule has 2 heterocycles. The van der Waals surface area contributed by atoms with Crippen molar-refractivity contribution in [3.63, 3.8) is 0 Å². The van der Waals surface area contributed by atoms with Gasteiger partial charge in [0.1, 0.15) is 17.9 Å². The predicted molar refractivity (Wildman–Crippen MR) is 98.6 cm³/mol. The van der Waals surface area contributed by atoms with Crippen molar-refractivity contribution in [2.45, 2.75) is 25.9 Å². The number of hydrogen-bond donors (Lipinski definition) is 1. The molecule has 29 heavy (non-hydrogen) atoms. The smallest absolute Gasteiger partial charge is 0.283 e. The Balaban J connectivity index is 1.68. The lowest BCUT2D eigenvalue weighted by atomic mass is 10.2. The van der Waals surface area contributed by atoms with Crippen molar-refractivity contribution in [1.82, 2.24) is 19.6 Å². The normalized spacial score (nSPS) is 11.4. The van der Waals surface area contributed by atoms with Crippen LogP contribution in [0.25, 0.3) is 0 Å². The van der Waals surface area contributed by atoms with Gasteiger partial charge in [-0.25, -0.2) is 17.6 Å². The van der Waals surface area contributed by atoms with Crippen LogP contribution in [-0.4, -0.2) is 25.5 Å². The van der Waals surface area contributed by atoms with E-state index in [-0.39, 0.29) is 5.82 Å². The first-order valence-corrected chi connectivity index (χ1v) is 8.90. The standard InChI is InChI=1S/C17H13Cl2F4N5O/c18-10-3-1-9(2-4-10)7-27-6-5-11(25-27)24-12(29)8-28-15(17(22)23)13(19)14(26-28)16(20)21/h1-6,16-17H,7-8H2,(H,24,25,29). The minimum Gasteiger partial charge on any atom is -0.308 e. The van der Waals surface area contributed by atoms with E-state index in [4.69, 9.17) is 23.2 Å². The number of carbonyl (C=O) groups excluding carboxylic acids is 1. The van der Waals surface area contributed by atoms with Gasteiger partial charge in [0.15, 0.2) is 5.82 Å². The number of rotatable bonds is 7. The Labute approximate surface area is 172 Å². The average molecular weight is 450 g/mol. The number of alkyl halides is 4. The van der Waals surface area contributed by atoms with Gasteiger partial charge in [-0.15, -0.1) is 0 Å². The van der Waals surface area contributed by atoms with Crippen molar-refractivity contribution in [2.24, 2.45) is 0 Å². The van der Waals surface area contributed by atoms with Gasteiger partial charge < -0.3 is 5.32 Å². The van der Waals surface area contributed by atoms with Crippen LogP contribution in [0.2, 0.25) is 10.0 Å². The molecule has 0 aliphatic carbocycles. The van der Waals surface area contributed by atoms with E-state index >= 15 is 0 Å². The quantitative estimate of drug-likeness (QED) is 0.519. The van der Waals surface area contributed by atoms with Gasteiger partial charge >= 0.3 is 0 Å². The third kappa shape index (κ3) is 5.07. The molecule has 0 saturated heterocycles. The maximum absolute atomic E-state index is 13.1. The summed E-state index contributed by atoms with van der Waals surface area (Å²) >= 11 is 11.4. The zero-order chi connectivity index (χ0) is 21.1. The molecule has 3 rings (SSSR count). The molecule has 1 aromatic carbocycles. The molecule has 0 atom stereocenters. The lowest BCUT2D eigenvalue weighted by Crippen LogP contribution is -2.21. The maximum atomic E-state index is 13.1. The molecular formula is C17H13Cl2F4N5O. The fraction of sp³-hybridized carbons (Fsp3) is 0.235. The molecule has 1 amide bonds. The number of nitrogens with one attached hydrogen (secondary N) is 1. The summed E-state index contributed by atoms with van der Waals surface area (Å²) in [6.45, 7) is -0.314. The number of anilines is 1. The fourth-order valence-electron chi connectivity index (χ4n) is 2.55. The molecule has 1 N–H and O–H groups in total. The molecule has 12 heteroatoms. The zero-order valence-corrected chi connectivity index (χ0v) is 16.0. The van der Waals surface area contributed by atoms with E-state index < -0.39 is 41.7 Å². The topological polar surface area (TPSA) is 64.7 Å². The molecule has 0 fully saturated rings. The van der Waals surface area contributed by atoms with Crippen LogP contribution in [0.1, 0.15) is 29.8 Å². The van der Waals surface area contributed by atoms with Crippen LogP contribution in [-0.2, 0) is 17.9 Å². The second-order valence-electron chi connectivity index (χ2n) is 5.92. The molecule has 0 spiro atoms. The number of halogens is 6. The number of amides is 1. The molecule has 0 bridgehead atoms. The van der Waals surface area contributed by atoms with Gasteiger partial charge in [-0.2, -0.15) is 10.2 Å². The minimum absolute atomic E-state index is 0.162. The van der Waals surface area contributed by atoms with Gasteiger partial charge in [0.25, 0.3) is 12.9 Å². The summed E-state index contributed by atoms with van der Waals surface area (Å²) in [6.07, 6.45) is -4.71. The highest BCUT2D eigenvalue weighted by molar-refractivity contribution is 6.32. The second-order valence-corrected chi connectivity index (χ2v) is 6.73. The van der Waals surface area contributed by atoms with Crippen molar-refractivity contribution < 1.29 is 22.4 Å². The third-order valence-electron chi connectivity index (χ3n) is 3.83. The summed E-state index contributed by atoms with van der Waals surface area (Å²) in [5, 5.41) is 9.63. The number of hydrogen-bond acceptors (Lipinski definition) is 3. The van der Waals surface area contributed by atoms with Gasteiger partial charge in [-0.3, -0.25) is 14.2 Å². The summed E-state index contributed by atoms with van der Waals surface area (Å²) in [5.74, 6) is -0.612. The number of nitrogens with zero attached hydrogens (tertiary/aromatic N) is 4. The summed E-state index contributed by atoms with van der Waals surface area (Å²) in [5.41, 5.74) is -1.02. The van der Waals surface area contributed by atoms with Crippen LogP contribution in [0.3, 0.4) is 0 Å². The summed E-state index contributed by atoms with van der Waals surface area (Å²) in [6, 6.07) is 8.59. The molecule has 3 aromatic rings. The Morgan fingerprint density at radius 1 is 1.03 bits per heavy atom. The van der Waals surface area contributed by atoms with Crippen LogP contribution in [0.5, 0.6) is 0 Å². The summed E-state index contributed by atoms with van der Waals surface area (Å²) in [7, 11) is 0. The minimum atomic E-state index is -3.17. The summed E-state index contributed by atoms with van der Waals surface area (Å²) < 4.78 is 54.0. The molecular weight excluding hydrogens is 437 g/mol. The van der Waals surface area contributed by atoms with E-state index in [1.165, 1.54) is 6.07 Å². The van der Waals surface area contributed by atoms with Crippen LogP contribution >= 0.6 is 23.2 Å². The van der Waals surface area contributed by atoms with Gasteiger partial charge in [-0.05, 0) is 17.7 Å². The molecule has 6 nitrogen and oxygen atoms in total. The molecule has 0 aliphatic heterocycles. The van der Waals surface area contributed by atoms with Gasteiger partial charge in [0.2, 0.25) is 5.91 Å². The lowest BCUT2D eigenvalue weighted by molar-refractivity contribution is -0.117. The molecule has 2 aromatic heterocycles. The van der Waals surface area contributed by atoms with Crippen molar-refractivity contribution in [1.29, 1.82) is 0 Å². The highest BCUT2D eigenvalue weighted by Crippen LogP contribution is 2.34. The first-order chi connectivity index (χ1) is 13.7. The highest BCUT2D eigenvalue weighted by atomic mass is 35.5. The Bertz CT molecular complexity index is 1000. The third-order valence-corrected chi connectivity index (χ3v) is 4.47. The monoisotopic (exact) mass is 449 g/mol. The Morgan fingerprint density at radius 2 is 1.72 bits per heavy atom. The van der Waals surface area contributed by atoms with E-state index in [0.29, 0.717) is 16.2 Å². The van der Waals surface area contributed by atoms with Crippen molar-refractivity contribution in [3.05, 3.63) is 63.5 Å². The van der Waals surface area contributed by atoms with E-state index in [2.05, 4.69) is 15.5 Å². The number of aromatic nitrogens is 4. The van der Waals surface area contributed by atoms with Crippen LogP contribution < -0.4 is 5.32 Å². The average Bonchev–Trinajstić information content (AvgIpc) is 3.20. The zero-order valence-electron chi connectivity index (χ0n) is 14.5.